The Bertz CT molecular complexity index is 949. The van der Waals surface area contributed by atoms with Crippen LogP contribution in [0.5, 0.6) is 0 Å². The number of nitriles is 1. The van der Waals surface area contributed by atoms with Gasteiger partial charge in [-0.2, -0.15) is 5.26 Å². The minimum Gasteiger partial charge on any atom is -0.755 e. The van der Waals surface area contributed by atoms with Gasteiger partial charge in [0.25, 0.3) is 0 Å². The van der Waals surface area contributed by atoms with Crippen LogP contribution in [0.1, 0.15) is 44.7 Å². The first-order chi connectivity index (χ1) is 15.3. The van der Waals surface area contributed by atoms with Gasteiger partial charge in [0.15, 0.2) is 0 Å². The fourth-order valence-corrected chi connectivity index (χ4v) is 5.69. The summed E-state index contributed by atoms with van der Waals surface area (Å²) in [4.78, 5) is 31.7. The third-order valence-corrected chi connectivity index (χ3v) is 7.34. The van der Waals surface area contributed by atoms with E-state index in [1.807, 2.05) is 30.9 Å². The molecule has 2 bridgehead atoms. The molecule has 3 saturated heterocycles. The lowest BCUT2D eigenvalue weighted by atomic mass is 10.0. The van der Waals surface area contributed by atoms with Crippen molar-refractivity contribution in [1.82, 2.24) is 14.7 Å². The van der Waals surface area contributed by atoms with Gasteiger partial charge in [0, 0.05) is 48.5 Å². The molecule has 32 heavy (non-hydrogen) atoms. The Morgan fingerprint density at radius 2 is 2.06 bits per heavy atom. The molecule has 172 valence electrons. The van der Waals surface area contributed by atoms with Crippen LogP contribution in [0, 0.1) is 17.2 Å². The molecule has 0 spiro atoms. The lowest BCUT2D eigenvalue weighted by Crippen LogP contribution is -2.53. The van der Waals surface area contributed by atoms with Crippen molar-refractivity contribution in [3.63, 3.8) is 0 Å². The number of piperazine rings is 1. The topological polar surface area (TPSA) is 120 Å². The Labute approximate surface area is 190 Å². The first-order valence-electron chi connectivity index (χ1n) is 11.0. The van der Waals surface area contributed by atoms with E-state index in [0.29, 0.717) is 18.8 Å². The standard InChI is InChI=1S/C22H29N5O4S/c1-14(21(28)26-9-3-4-18(26)11-23)12-25-13-19-10-20(25)22(29)27(19)15(2)16-5-7-17(8-6-16)24-32(30)31/h5-8,14-15,18-20,24H,3-4,9-10,12-13H2,1-2H3,(H,30,31)/p-1/t14-,15-,18-,19-,20-/m0/s1. The minimum atomic E-state index is -2.37. The van der Waals surface area contributed by atoms with Gasteiger partial charge in [0.1, 0.15) is 6.04 Å². The first kappa shape index (κ1) is 22.7. The smallest absolute Gasteiger partial charge is 0.240 e. The molecule has 6 atom stereocenters. The summed E-state index contributed by atoms with van der Waals surface area (Å²) in [5, 5.41) is 9.27. The number of amides is 2. The Morgan fingerprint density at radius 3 is 2.69 bits per heavy atom. The molecule has 9 nitrogen and oxygen atoms in total. The Balaban J connectivity index is 1.37. The number of nitrogens with zero attached hydrogens (tertiary/aromatic N) is 4. The molecule has 0 aromatic heterocycles. The molecule has 0 aliphatic carbocycles. The number of likely N-dealkylation sites (tertiary alicyclic amines) is 3. The molecule has 1 aromatic rings. The maximum absolute atomic E-state index is 13.2. The highest BCUT2D eigenvalue weighted by Crippen LogP contribution is 2.38. The SMILES string of the molecule is C[C@@H](CN1C[C@@H]2C[C@H]1C(=O)N2[C@@H](C)c1ccc(NS(=O)[O-])cc1)C(=O)N1CCC[C@H]1C#N. The van der Waals surface area contributed by atoms with E-state index in [1.165, 1.54) is 0 Å². The van der Waals surface area contributed by atoms with Crippen molar-refractivity contribution in [2.75, 3.05) is 24.4 Å². The fourth-order valence-electron chi connectivity index (χ4n) is 5.36. The van der Waals surface area contributed by atoms with E-state index in [-0.39, 0.29) is 41.9 Å². The molecule has 3 aliphatic heterocycles. The summed E-state index contributed by atoms with van der Waals surface area (Å²) in [6.07, 6.45) is 2.35. The summed E-state index contributed by atoms with van der Waals surface area (Å²) in [6, 6.07) is 8.69. The van der Waals surface area contributed by atoms with Crippen LogP contribution >= 0.6 is 0 Å². The van der Waals surface area contributed by atoms with E-state index in [4.69, 9.17) is 0 Å². The molecule has 1 unspecified atom stereocenters. The average molecular weight is 459 g/mol. The highest BCUT2D eigenvalue weighted by atomic mass is 32.2. The molecule has 3 aliphatic rings. The number of hydrogen-bond acceptors (Lipinski definition) is 6. The van der Waals surface area contributed by atoms with Crippen LogP contribution in [0.3, 0.4) is 0 Å². The van der Waals surface area contributed by atoms with E-state index in [1.54, 1.807) is 17.0 Å². The summed E-state index contributed by atoms with van der Waals surface area (Å²) >= 11 is -2.37. The number of carbonyl (C=O) groups excluding carboxylic acids is 2. The molecule has 1 aromatic carbocycles. The molecule has 3 heterocycles. The van der Waals surface area contributed by atoms with Gasteiger partial charge in [-0.05, 0) is 43.9 Å². The maximum Gasteiger partial charge on any atom is 0.240 e. The third-order valence-electron chi connectivity index (χ3n) is 6.94. The van der Waals surface area contributed by atoms with E-state index in [2.05, 4.69) is 15.7 Å². The van der Waals surface area contributed by atoms with Crippen LogP contribution in [-0.2, 0) is 20.9 Å². The van der Waals surface area contributed by atoms with E-state index < -0.39 is 11.3 Å². The molecule has 4 rings (SSSR count). The summed E-state index contributed by atoms with van der Waals surface area (Å²) < 4.78 is 23.9. The minimum absolute atomic E-state index is 0.00204. The van der Waals surface area contributed by atoms with Gasteiger partial charge in [-0.25, -0.2) is 0 Å². The van der Waals surface area contributed by atoms with Gasteiger partial charge in [-0.3, -0.25) is 18.7 Å². The van der Waals surface area contributed by atoms with Crippen molar-refractivity contribution in [2.45, 2.75) is 57.3 Å². The number of hydrogen-bond donors (Lipinski definition) is 1. The average Bonchev–Trinajstić information content (AvgIpc) is 3.47. The van der Waals surface area contributed by atoms with Crippen molar-refractivity contribution in [3.05, 3.63) is 29.8 Å². The third kappa shape index (κ3) is 4.25. The molecule has 10 heteroatoms. The number of carbonyl (C=O) groups is 2. The van der Waals surface area contributed by atoms with Crippen LogP contribution in [0.2, 0.25) is 0 Å². The molecule has 1 N–H and O–H groups in total. The van der Waals surface area contributed by atoms with Crippen LogP contribution in [-0.4, -0.2) is 73.0 Å². The number of rotatable bonds is 7. The van der Waals surface area contributed by atoms with Crippen molar-refractivity contribution >= 4 is 28.8 Å². The zero-order chi connectivity index (χ0) is 23.0. The molecule has 0 saturated carbocycles. The van der Waals surface area contributed by atoms with Crippen molar-refractivity contribution < 1.29 is 18.4 Å². The zero-order valence-corrected chi connectivity index (χ0v) is 19.1. The van der Waals surface area contributed by atoms with E-state index in [0.717, 1.165) is 31.4 Å². The monoisotopic (exact) mass is 458 g/mol. The quantitative estimate of drug-likeness (QED) is 0.617. The zero-order valence-electron chi connectivity index (χ0n) is 18.3. The Kier molecular flexibility index (Phi) is 6.51. The van der Waals surface area contributed by atoms with Gasteiger partial charge in [0.2, 0.25) is 11.8 Å². The Hall–Kier alpha value is -2.48. The van der Waals surface area contributed by atoms with Gasteiger partial charge in [-0.15, -0.1) is 0 Å². The second-order valence-corrected chi connectivity index (χ2v) is 9.63. The lowest BCUT2D eigenvalue weighted by molar-refractivity contribution is -0.142. The second-order valence-electron chi connectivity index (χ2n) is 8.96. The van der Waals surface area contributed by atoms with Crippen molar-refractivity contribution in [2.24, 2.45) is 5.92 Å². The summed E-state index contributed by atoms with van der Waals surface area (Å²) in [6.45, 7) is 5.76. The van der Waals surface area contributed by atoms with Crippen molar-refractivity contribution in [1.29, 1.82) is 5.26 Å². The molecular formula is C22H28N5O4S-. The van der Waals surface area contributed by atoms with Gasteiger partial charge in [0.05, 0.1) is 18.2 Å². The summed E-state index contributed by atoms with van der Waals surface area (Å²) in [7, 11) is 0. The second kappa shape index (κ2) is 9.17. The number of nitrogens with one attached hydrogen (secondary N) is 1. The molecule has 0 radical (unpaired) electrons. The largest absolute Gasteiger partial charge is 0.755 e. The van der Waals surface area contributed by atoms with Gasteiger partial charge in [-0.1, -0.05) is 19.1 Å². The molecular weight excluding hydrogens is 430 g/mol. The predicted molar refractivity (Wildman–Crippen MR) is 118 cm³/mol. The van der Waals surface area contributed by atoms with E-state index in [9.17, 15) is 23.6 Å². The van der Waals surface area contributed by atoms with Crippen LogP contribution in [0.15, 0.2) is 24.3 Å². The summed E-state index contributed by atoms with van der Waals surface area (Å²) in [5.74, 6) is -0.178. The van der Waals surface area contributed by atoms with Gasteiger partial charge < -0.3 is 19.1 Å². The van der Waals surface area contributed by atoms with E-state index >= 15 is 0 Å². The van der Waals surface area contributed by atoms with Gasteiger partial charge >= 0.3 is 0 Å². The highest BCUT2D eigenvalue weighted by Gasteiger charge is 2.51. The fraction of sp³-hybridized carbons (Fsp3) is 0.591. The predicted octanol–water partition coefficient (Wildman–Crippen LogP) is 1.39. The van der Waals surface area contributed by atoms with Crippen LogP contribution < -0.4 is 4.72 Å². The molecule has 3 fully saturated rings. The van der Waals surface area contributed by atoms with Crippen molar-refractivity contribution in [3.8, 4) is 6.07 Å². The lowest BCUT2D eigenvalue weighted by Gasteiger charge is -2.38. The number of anilines is 1. The normalized spacial score (nSPS) is 27.9. The highest BCUT2D eigenvalue weighted by molar-refractivity contribution is 7.80. The number of benzene rings is 1. The maximum atomic E-state index is 13.2. The Morgan fingerprint density at radius 1 is 1.34 bits per heavy atom. The first-order valence-corrected chi connectivity index (χ1v) is 12.1. The van der Waals surface area contributed by atoms with Crippen LogP contribution in [0.25, 0.3) is 0 Å². The molecule has 2 amide bonds. The van der Waals surface area contributed by atoms with Crippen LogP contribution in [0.4, 0.5) is 5.69 Å². The summed E-state index contributed by atoms with van der Waals surface area (Å²) in [5.41, 5.74) is 1.42. The number of fused-ring (bicyclic) bond motifs is 2.